The first kappa shape index (κ1) is 20.1. The van der Waals surface area contributed by atoms with Gasteiger partial charge in [-0.3, -0.25) is 9.78 Å². The zero-order chi connectivity index (χ0) is 20.9. The SMILES string of the molecule is Cc1nc(-c2cccnc2)ncc1C(=O)N1CCC[C@@H](CCc2ccc(F)cc2)C1. The van der Waals surface area contributed by atoms with Crippen LogP contribution in [0, 0.1) is 18.7 Å². The number of aryl methyl sites for hydroxylation is 2. The van der Waals surface area contributed by atoms with Crippen LogP contribution < -0.4 is 0 Å². The highest BCUT2D eigenvalue weighted by molar-refractivity contribution is 5.95. The van der Waals surface area contributed by atoms with Gasteiger partial charge in [0.2, 0.25) is 0 Å². The van der Waals surface area contributed by atoms with E-state index in [1.54, 1.807) is 18.6 Å². The summed E-state index contributed by atoms with van der Waals surface area (Å²) in [6, 6.07) is 10.4. The fourth-order valence-corrected chi connectivity index (χ4v) is 3.99. The fraction of sp³-hybridized carbons (Fsp3) is 0.333. The summed E-state index contributed by atoms with van der Waals surface area (Å²) in [5.41, 5.74) is 3.21. The van der Waals surface area contributed by atoms with Crippen LogP contribution in [0.4, 0.5) is 4.39 Å². The maximum atomic E-state index is 13.1. The summed E-state index contributed by atoms with van der Waals surface area (Å²) in [7, 11) is 0. The van der Waals surface area contributed by atoms with E-state index in [9.17, 15) is 9.18 Å². The van der Waals surface area contributed by atoms with E-state index in [0.717, 1.165) is 49.9 Å². The largest absolute Gasteiger partial charge is 0.338 e. The van der Waals surface area contributed by atoms with Gasteiger partial charge in [-0.15, -0.1) is 0 Å². The van der Waals surface area contributed by atoms with Crippen molar-refractivity contribution in [3.63, 3.8) is 0 Å². The highest BCUT2D eigenvalue weighted by atomic mass is 19.1. The van der Waals surface area contributed by atoms with Crippen LogP contribution >= 0.6 is 0 Å². The minimum Gasteiger partial charge on any atom is -0.338 e. The Bertz CT molecular complexity index is 1010. The van der Waals surface area contributed by atoms with Gasteiger partial charge >= 0.3 is 0 Å². The molecule has 154 valence electrons. The van der Waals surface area contributed by atoms with Crippen LogP contribution in [0.5, 0.6) is 0 Å². The number of likely N-dealkylation sites (tertiary alicyclic amines) is 1. The smallest absolute Gasteiger partial charge is 0.257 e. The molecule has 3 heterocycles. The molecule has 5 nitrogen and oxygen atoms in total. The molecule has 6 heteroatoms. The van der Waals surface area contributed by atoms with Crippen molar-refractivity contribution in [2.75, 3.05) is 13.1 Å². The molecule has 1 fully saturated rings. The number of amides is 1. The van der Waals surface area contributed by atoms with Crippen LogP contribution in [-0.2, 0) is 6.42 Å². The summed E-state index contributed by atoms with van der Waals surface area (Å²) in [4.78, 5) is 28.1. The number of carbonyl (C=O) groups is 1. The predicted octanol–water partition coefficient (Wildman–Crippen LogP) is 4.47. The van der Waals surface area contributed by atoms with Crippen molar-refractivity contribution in [2.24, 2.45) is 5.92 Å². The number of piperidine rings is 1. The number of pyridine rings is 1. The van der Waals surface area contributed by atoms with Gasteiger partial charge in [-0.1, -0.05) is 12.1 Å². The predicted molar refractivity (Wildman–Crippen MR) is 113 cm³/mol. The van der Waals surface area contributed by atoms with Crippen molar-refractivity contribution < 1.29 is 9.18 Å². The molecule has 1 aromatic carbocycles. The summed E-state index contributed by atoms with van der Waals surface area (Å²) in [6.07, 6.45) is 9.05. The molecule has 3 aromatic rings. The van der Waals surface area contributed by atoms with E-state index >= 15 is 0 Å². The third kappa shape index (κ3) is 4.70. The molecule has 1 saturated heterocycles. The van der Waals surface area contributed by atoms with E-state index in [2.05, 4.69) is 15.0 Å². The van der Waals surface area contributed by atoms with Crippen LogP contribution in [0.3, 0.4) is 0 Å². The first-order valence-electron chi connectivity index (χ1n) is 10.4. The van der Waals surface area contributed by atoms with Gasteiger partial charge in [0, 0.05) is 37.2 Å². The normalized spacial score (nSPS) is 16.5. The molecule has 1 amide bonds. The second-order valence-corrected chi connectivity index (χ2v) is 7.86. The molecule has 0 N–H and O–H groups in total. The number of carbonyl (C=O) groups excluding carboxylic acids is 1. The lowest BCUT2D eigenvalue weighted by molar-refractivity contribution is 0.0666. The molecule has 4 rings (SSSR count). The lowest BCUT2D eigenvalue weighted by atomic mass is 9.91. The van der Waals surface area contributed by atoms with Gasteiger partial charge in [0.25, 0.3) is 5.91 Å². The average molecular weight is 404 g/mol. The number of nitrogens with zero attached hydrogens (tertiary/aromatic N) is 4. The Balaban J connectivity index is 1.40. The Hall–Kier alpha value is -3.15. The van der Waals surface area contributed by atoms with Crippen molar-refractivity contribution in [2.45, 2.75) is 32.6 Å². The molecule has 0 aliphatic carbocycles. The summed E-state index contributed by atoms with van der Waals surface area (Å²) in [6.45, 7) is 3.35. The minimum atomic E-state index is -0.208. The van der Waals surface area contributed by atoms with Crippen LogP contribution in [0.1, 0.15) is 40.9 Å². The van der Waals surface area contributed by atoms with Crippen LogP contribution in [-0.4, -0.2) is 38.8 Å². The van der Waals surface area contributed by atoms with Crippen molar-refractivity contribution in [1.29, 1.82) is 0 Å². The molecule has 1 atom stereocenters. The van der Waals surface area contributed by atoms with Crippen LogP contribution in [0.15, 0.2) is 55.0 Å². The molecule has 0 radical (unpaired) electrons. The van der Waals surface area contributed by atoms with E-state index < -0.39 is 0 Å². The molecular weight excluding hydrogens is 379 g/mol. The van der Waals surface area contributed by atoms with E-state index in [4.69, 9.17) is 0 Å². The van der Waals surface area contributed by atoms with Gasteiger partial charge in [-0.25, -0.2) is 14.4 Å². The average Bonchev–Trinajstić information content (AvgIpc) is 2.79. The maximum Gasteiger partial charge on any atom is 0.257 e. The first-order valence-corrected chi connectivity index (χ1v) is 10.4. The van der Waals surface area contributed by atoms with E-state index in [0.29, 0.717) is 23.0 Å². The van der Waals surface area contributed by atoms with Gasteiger partial charge in [0.1, 0.15) is 5.82 Å². The quantitative estimate of drug-likeness (QED) is 0.629. The van der Waals surface area contributed by atoms with Gasteiger partial charge in [0.15, 0.2) is 5.82 Å². The Morgan fingerprint density at radius 2 is 2.03 bits per heavy atom. The molecule has 30 heavy (non-hydrogen) atoms. The monoisotopic (exact) mass is 404 g/mol. The molecule has 0 bridgehead atoms. The number of rotatable bonds is 5. The molecule has 1 aliphatic heterocycles. The number of benzene rings is 1. The van der Waals surface area contributed by atoms with Crippen LogP contribution in [0.2, 0.25) is 0 Å². The Kier molecular flexibility index (Phi) is 6.12. The fourth-order valence-electron chi connectivity index (χ4n) is 3.99. The number of halogens is 1. The third-order valence-electron chi connectivity index (χ3n) is 5.69. The van der Waals surface area contributed by atoms with Crippen molar-refractivity contribution in [1.82, 2.24) is 19.9 Å². The highest BCUT2D eigenvalue weighted by Crippen LogP contribution is 2.24. The topological polar surface area (TPSA) is 59.0 Å². The van der Waals surface area contributed by atoms with Crippen molar-refractivity contribution in [3.05, 3.63) is 77.6 Å². The zero-order valence-electron chi connectivity index (χ0n) is 17.1. The molecule has 0 unspecified atom stereocenters. The molecular formula is C24H25FN4O. The molecule has 0 spiro atoms. The lowest BCUT2D eigenvalue weighted by Crippen LogP contribution is -2.40. The van der Waals surface area contributed by atoms with Gasteiger partial charge in [-0.2, -0.15) is 0 Å². The number of hydrogen-bond acceptors (Lipinski definition) is 4. The molecule has 1 aliphatic rings. The van der Waals surface area contributed by atoms with E-state index in [-0.39, 0.29) is 11.7 Å². The Morgan fingerprint density at radius 1 is 1.20 bits per heavy atom. The number of hydrogen-bond donors (Lipinski definition) is 0. The van der Waals surface area contributed by atoms with Gasteiger partial charge in [0.05, 0.1) is 11.3 Å². The second-order valence-electron chi connectivity index (χ2n) is 7.86. The lowest BCUT2D eigenvalue weighted by Gasteiger charge is -2.33. The molecule has 2 aromatic heterocycles. The van der Waals surface area contributed by atoms with Gasteiger partial charge in [-0.05, 0) is 68.4 Å². The maximum absolute atomic E-state index is 13.1. The highest BCUT2D eigenvalue weighted by Gasteiger charge is 2.26. The molecule has 0 saturated carbocycles. The Morgan fingerprint density at radius 3 is 2.77 bits per heavy atom. The number of aromatic nitrogens is 3. The van der Waals surface area contributed by atoms with Crippen LogP contribution in [0.25, 0.3) is 11.4 Å². The minimum absolute atomic E-state index is 0.00304. The van der Waals surface area contributed by atoms with E-state index in [1.807, 2.05) is 36.1 Å². The third-order valence-corrected chi connectivity index (χ3v) is 5.69. The zero-order valence-corrected chi connectivity index (χ0v) is 17.1. The Labute approximate surface area is 176 Å². The first-order chi connectivity index (χ1) is 14.6. The standard InChI is InChI=1S/C24H25FN4O/c1-17-22(15-27-23(28-17)20-5-2-12-26-14-20)24(30)29-13-3-4-19(16-29)7-6-18-8-10-21(25)11-9-18/h2,5,8-12,14-15,19H,3-4,6-7,13,16H2,1H3/t19-/m0/s1. The summed E-state index contributed by atoms with van der Waals surface area (Å²) in [5.74, 6) is 0.814. The summed E-state index contributed by atoms with van der Waals surface area (Å²) in [5, 5.41) is 0. The second kappa shape index (κ2) is 9.11. The van der Waals surface area contributed by atoms with E-state index in [1.165, 1.54) is 12.1 Å². The van der Waals surface area contributed by atoms with Gasteiger partial charge < -0.3 is 4.90 Å². The van der Waals surface area contributed by atoms with Crippen molar-refractivity contribution in [3.8, 4) is 11.4 Å². The summed E-state index contributed by atoms with van der Waals surface area (Å²) >= 11 is 0. The summed E-state index contributed by atoms with van der Waals surface area (Å²) < 4.78 is 13.1. The van der Waals surface area contributed by atoms with Crippen molar-refractivity contribution >= 4 is 5.91 Å².